The van der Waals surface area contributed by atoms with Crippen LogP contribution in [-0.4, -0.2) is 61.8 Å². The number of imidazole rings is 1. The minimum absolute atomic E-state index is 0. The third-order valence-electron chi connectivity index (χ3n) is 6.35. The quantitative estimate of drug-likeness (QED) is 0.602. The molecule has 3 N–H and O–H groups in total. The van der Waals surface area contributed by atoms with Crippen LogP contribution in [0.3, 0.4) is 0 Å². The Balaban J connectivity index is 0.00000289. The van der Waals surface area contributed by atoms with Gasteiger partial charge >= 0.3 is 6.09 Å². The van der Waals surface area contributed by atoms with Gasteiger partial charge in [0.1, 0.15) is 5.82 Å². The summed E-state index contributed by atoms with van der Waals surface area (Å²) in [5, 5.41) is 6.21. The molecule has 4 rings (SSSR count). The molecule has 0 saturated carbocycles. The van der Waals surface area contributed by atoms with Crippen LogP contribution in [0.15, 0.2) is 30.5 Å². The highest BCUT2D eigenvalue weighted by molar-refractivity contribution is 7.88. The molecule has 11 heteroatoms. The molecule has 0 spiro atoms. The van der Waals surface area contributed by atoms with Gasteiger partial charge in [-0.25, -0.2) is 22.5 Å². The molecule has 2 aliphatic heterocycles. The Hall–Kier alpha value is -2.14. The van der Waals surface area contributed by atoms with E-state index in [2.05, 4.69) is 25.3 Å². The lowest BCUT2D eigenvalue weighted by Crippen LogP contribution is -2.39. The average Bonchev–Trinajstić information content (AvgIpc) is 3.43. The highest BCUT2D eigenvalue weighted by Crippen LogP contribution is 2.36. The van der Waals surface area contributed by atoms with E-state index in [0.717, 1.165) is 42.9 Å². The molecule has 1 amide bonds. The lowest BCUT2D eigenvalue weighted by atomic mass is 9.83. The summed E-state index contributed by atoms with van der Waals surface area (Å²) in [5.74, 6) is 1.99. The number of rotatable bonds is 5. The Morgan fingerprint density at radius 3 is 2.50 bits per heavy atom. The first-order valence-electron chi connectivity index (χ1n) is 10.5. The summed E-state index contributed by atoms with van der Waals surface area (Å²) in [6, 6.07) is 7.65. The third kappa shape index (κ3) is 5.61. The highest BCUT2D eigenvalue weighted by atomic mass is 35.5. The van der Waals surface area contributed by atoms with E-state index >= 15 is 0 Å². The van der Waals surface area contributed by atoms with Gasteiger partial charge in [-0.05, 0) is 55.3 Å². The van der Waals surface area contributed by atoms with Crippen molar-refractivity contribution >= 4 is 34.2 Å². The number of H-pyrrole nitrogens is 1. The summed E-state index contributed by atoms with van der Waals surface area (Å²) < 4.78 is 29.6. The number of hydrogen-bond donors (Lipinski definition) is 3. The Morgan fingerprint density at radius 2 is 1.88 bits per heavy atom. The number of halogens is 1. The van der Waals surface area contributed by atoms with Crippen LogP contribution in [0, 0.1) is 11.8 Å². The Morgan fingerprint density at radius 1 is 1.19 bits per heavy atom. The van der Waals surface area contributed by atoms with Crippen molar-refractivity contribution in [3.63, 3.8) is 0 Å². The summed E-state index contributed by atoms with van der Waals surface area (Å²) in [6.07, 6.45) is 5.46. The lowest BCUT2D eigenvalue weighted by molar-refractivity contribution is 0.187. The molecule has 0 bridgehead atoms. The molecule has 0 unspecified atom stereocenters. The van der Waals surface area contributed by atoms with Crippen molar-refractivity contribution < 1.29 is 17.9 Å². The molecule has 2 atom stereocenters. The zero-order valence-corrected chi connectivity index (χ0v) is 19.8. The van der Waals surface area contributed by atoms with Gasteiger partial charge in [-0.3, -0.25) is 5.32 Å². The van der Waals surface area contributed by atoms with Crippen molar-refractivity contribution in [2.24, 2.45) is 11.8 Å². The van der Waals surface area contributed by atoms with Crippen LogP contribution in [0.5, 0.6) is 0 Å². The zero-order chi connectivity index (χ0) is 22.0. The van der Waals surface area contributed by atoms with Gasteiger partial charge in [0.2, 0.25) is 10.0 Å². The average molecular weight is 484 g/mol. The maximum Gasteiger partial charge on any atom is 0.411 e. The van der Waals surface area contributed by atoms with Gasteiger partial charge in [0.05, 0.1) is 31.3 Å². The fourth-order valence-electron chi connectivity index (χ4n) is 4.57. The van der Waals surface area contributed by atoms with Gasteiger partial charge in [-0.1, -0.05) is 12.1 Å². The van der Waals surface area contributed by atoms with Crippen LogP contribution in [0.25, 0.3) is 11.3 Å². The number of nitrogens with zero attached hydrogens (tertiary/aromatic N) is 2. The number of piperidine rings is 1. The Labute approximate surface area is 194 Å². The number of ether oxygens (including phenoxy) is 1. The van der Waals surface area contributed by atoms with Crippen molar-refractivity contribution in [3.05, 3.63) is 36.3 Å². The largest absolute Gasteiger partial charge is 0.453 e. The number of methoxy groups -OCH3 is 1. The SMILES string of the molecule is COC(=O)Nc1ccc(-c2cnc([C@@H]3C[C@H](C4CCN(S(C)(=O)=O)CC4)CN3)[nH]2)cc1.Cl. The molecule has 176 valence electrons. The number of aromatic nitrogens is 2. The molecular weight excluding hydrogens is 454 g/mol. The molecule has 2 aliphatic rings. The number of sulfonamides is 1. The van der Waals surface area contributed by atoms with E-state index in [1.807, 2.05) is 30.5 Å². The van der Waals surface area contributed by atoms with E-state index < -0.39 is 16.1 Å². The third-order valence-corrected chi connectivity index (χ3v) is 7.66. The molecule has 2 fully saturated rings. The Bertz CT molecular complexity index is 1020. The van der Waals surface area contributed by atoms with Gasteiger partial charge in [-0.15, -0.1) is 12.4 Å². The van der Waals surface area contributed by atoms with E-state index in [1.54, 1.807) is 4.31 Å². The second-order valence-corrected chi connectivity index (χ2v) is 10.3. The van der Waals surface area contributed by atoms with Crippen molar-refractivity contribution in [3.8, 4) is 11.3 Å². The molecule has 9 nitrogen and oxygen atoms in total. The van der Waals surface area contributed by atoms with Crippen LogP contribution >= 0.6 is 12.4 Å². The smallest absolute Gasteiger partial charge is 0.411 e. The first-order valence-corrected chi connectivity index (χ1v) is 12.4. The minimum atomic E-state index is -3.08. The highest BCUT2D eigenvalue weighted by Gasteiger charge is 2.35. The summed E-state index contributed by atoms with van der Waals surface area (Å²) in [6.45, 7) is 2.17. The summed E-state index contributed by atoms with van der Waals surface area (Å²) in [5.41, 5.74) is 2.57. The van der Waals surface area contributed by atoms with Crippen LogP contribution in [0.4, 0.5) is 10.5 Å². The topological polar surface area (TPSA) is 116 Å². The number of benzene rings is 1. The van der Waals surface area contributed by atoms with E-state index in [9.17, 15) is 13.2 Å². The van der Waals surface area contributed by atoms with Gasteiger partial charge in [0, 0.05) is 18.8 Å². The number of carbonyl (C=O) groups is 1. The van der Waals surface area contributed by atoms with Gasteiger partial charge in [-0.2, -0.15) is 0 Å². The minimum Gasteiger partial charge on any atom is -0.453 e. The Kier molecular flexibility index (Phi) is 7.81. The first-order chi connectivity index (χ1) is 14.8. The van der Waals surface area contributed by atoms with Gasteiger partial charge in [0.25, 0.3) is 0 Å². The molecule has 2 aromatic rings. The predicted molar refractivity (Wildman–Crippen MR) is 125 cm³/mol. The second-order valence-electron chi connectivity index (χ2n) is 8.33. The predicted octanol–water partition coefficient (Wildman–Crippen LogP) is 3.00. The monoisotopic (exact) mass is 483 g/mol. The molecule has 3 heterocycles. The van der Waals surface area contributed by atoms with E-state index in [-0.39, 0.29) is 18.4 Å². The fourth-order valence-corrected chi connectivity index (χ4v) is 5.45. The van der Waals surface area contributed by atoms with Gasteiger partial charge in [0.15, 0.2) is 0 Å². The van der Waals surface area contributed by atoms with E-state index in [4.69, 9.17) is 0 Å². The summed E-state index contributed by atoms with van der Waals surface area (Å²) in [4.78, 5) is 19.3. The van der Waals surface area contributed by atoms with Crippen LogP contribution < -0.4 is 10.6 Å². The molecule has 32 heavy (non-hydrogen) atoms. The van der Waals surface area contributed by atoms with Crippen molar-refractivity contribution in [2.45, 2.75) is 25.3 Å². The number of amides is 1. The molecule has 1 aromatic carbocycles. The maximum absolute atomic E-state index is 11.7. The molecule has 2 saturated heterocycles. The van der Waals surface area contributed by atoms with Crippen molar-refractivity contribution in [1.29, 1.82) is 0 Å². The van der Waals surface area contributed by atoms with E-state index in [0.29, 0.717) is 30.6 Å². The molecule has 0 aliphatic carbocycles. The number of carbonyl (C=O) groups excluding carboxylic acids is 1. The maximum atomic E-state index is 11.7. The van der Waals surface area contributed by atoms with Gasteiger partial charge < -0.3 is 15.0 Å². The molecule has 1 aromatic heterocycles. The number of aromatic amines is 1. The van der Waals surface area contributed by atoms with Crippen LogP contribution in [0.2, 0.25) is 0 Å². The first kappa shape index (κ1) is 24.5. The van der Waals surface area contributed by atoms with Crippen molar-refractivity contribution in [2.75, 3.05) is 38.3 Å². The lowest BCUT2D eigenvalue weighted by Gasteiger charge is -2.33. The molecule has 0 radical (unpaired) electrons. The normalized spacial score (nSPS) is 22.3. The number of anilines is 1. The number of nitrogens with one attached hydrogen (secondary N) is 3. The number of hydrogen-bond acceptors (Lipinski definition) is 6. The second kappa shape index (κ2) is 10.2. The summed E-state index contributed by atoms with van der Waals surface area (Å²) >= 11 is 0. The molecular formula is C21H30ClN5O4S. The van der Waals surface area contributed by atoms with E-state index in [1.165, 1.54) is 13.4 Å². The van der Waals surface area contributed by atoms with Crippen LogP contribution in [-0.2, 0) is 14.8 Å². The van der Waals surface area contributed by atoms with Crippen molar-refractivity contribution in [1.82, 2.24) is 19.6 Å². The summed E-state index contributed by atoms with van der Waals surface area (Å²) in [7, 11) is -1.76. The fraction of sp³-hybridized carbons (Fsp3) is 0.524. The standard InChI is InChI=1S/C21H29N5O4S.ClH/c1-30-21(27)24-17-5-3-15(4-6-17)19-13-23-20(25-19)18-11-16(12-22-18)14-7-9-26(10-8-14)31(2,28)29;/h3-6,13-14,16,18,22H,7-12H2,1-2H3,(H,23,25)(H,24,27);1H/t16-,18-;/m0./s1. The zero-order valence-electron chi connectivity index (χ0n) is 18.2. The van der Waals surface area contributed by atoms with Crippen LogP contribution in [0.1, 0.15) is 31.1 Å².